The van der Waals surface area contributed by atoms with Crippen LogP contribution in [-0.4, -0.2) is 9.55 Å². The molecule has 20 heavy (non-hydrogen) atoms. The summed E-state index contributed by atoms with van der Waals surface area (Å²) in [7, 11) is 0. The number of rotatable bonds is 1. The molecule has 0 radical (unpaired) electrons. The van der Waals surface area contributed by atoms with Gasteiger partial charge in [-0.1, -0.05) is 46.3 Å². The first-order valence-corrected chi connectivity index (χ1v) is 8.32. The van der Waals surface area contributed by atoms with Crippen molar-refractivity contribution in [1.82, 2.24) is 9.55 Å². The highest BCUT2D eigenvalue weighted by Crippen LogP contribution is 2.37. The van der Waals surface area contributed by atoms with Crippen molar-refractivity contribution in [3.63, 3.8) is 0 Å². The van der Waals surface area contributed by atoms with Gasteiger partial charge in [0.15, 0.2) is 0 Å². The monoisotopic (exact) mass is 396 g/mol. The number of benzene rings is 1. The number of alkyl halides is 1. The number of fused-ring (bicyclic) bond motifs is 1. The van der Waals surface area contributed by atoms with Gasteiger partial charge in [0, 0.05) is 11.6 Å². The first-order valence-electron chi connectivity index (χ1n) is 6.61. The van der Waals surface area contributed by atoms with Crippen molar-refractivity contribution in [2.45, 2.75) is 30.6 Å². The van der Waals surface area contributed by atoms with Gasteiger partial charge in [0.25, 0.3) is 5.56 Å². The second kappa shape index (κ2) is 5.45. The van der Waals surface area contributed by atoms with E-state index in [1.54, 1.807) is 4.57 Å². The summed E-state index contributed by atoms with van der Waals surface area (Å²) in [5.74, 6) is 0.829. The molecule has 3 rings (SSSR count). The zero-order chi connectivity index (χ0) is 14.3. The molecule has 5 heteroatoms. The molecule has 0 amide bonds. The lowest BCUT2D eigenvalue weighted by Crippen LogP contribution is -2.32. The van der Waals surface area contributed by atoms with Crippen LogP contribution in [0.15, 0.2) is 39.6 Å². The highest BCUT2D eigenvalue weighted by molar-refractivity contribution is 9.10. The smallest absolute Gasteiger partial charge is 0.268 e. The van der Waals surface area contributed by atoms with E-state index in [0.29, 0.717) is 4.47 Å². The van der Waals surface area contributed by atoms with E-state index in [1.807, 2.05) is 30.3 Å². The molecule has 0 saturated carbocycles. The average Bonchev–Trinajstić information content (AvgIpc) is 2.47. The molecule has 0 bridgehead atoms. The maximum Gasteiger partial charge on any atom is 0.268 e. The van der Waals surface area contributed by atoms with Crippen molar-refractivity contribution in [3.8, 4) is 11.3 Å². The fourth-order valence-corrected chi connectivity index (χ4v) is 3.70. The summed E-state index contributed by atoms with van der Waals surface area (Å²) in [6.45, 7) is 2.07. The number of aromatic nitrogens is 2. The van der Waals surface area contributed by atoms with E-state index in [4.69, 9.17) is 4.98 Å². The third kappa shape index (κ3) is 2.27. The Kier molecular flexibility index (Phi) is 3.82. The zero-order valence-electron chi connectivity index (χ0n) is 11.0. The van der Waals surface area contributed by atoms with E-state index in [9.17, 15) is 4.79 Å². The molecule has 0 unspecified atom stereocenters. The van der Waals surface area contributed by atoms with Gasteiger partial charge < -0.3 is 0 Å². The van der Waals surface area contributed by atoms with Gasteiger partial charge in [0.05, 0.1) is 10.5 Å². The molecular weight excluding hydrogens is 384 g/mol. The predicted molar refractivity (Wildman–Crippen MR) is 87.2 cm³/mol. The Bertz CT molecular complexity index is 697. The van der Waals surface area contributed by atoms with Gasteiger partial charge in [0.1, 0.15) is 10.3 Å². The molecule has 2 atom stereocenters. The number of hydrogen-bond donors (Lipinski definition) is 0. The fourth-order valence-electron chi connectivity index (χ4n) is 2.61. The number of halogens is 2. The van der Waals surface area contributed by atoms with Gasteiger partial charge in [0.2, 0.25) is 0 Å². The number of nitrogens with zero attached hydrogens (tertiary/aromatic N) is 2. The predicted octanol–water partition coefficient (Wildman–Crippen LogP) is 4.46. The second-order valence-corrected chi connectivity index (χ2v) is 6.97. The van der Waals surface area contributed by atoms with Crippen LogP contribution in [0.5, 0.6) is 0 Å². The van der Waals surface area contributed by atoms with Crippen molar-refractivity contribution in [2.75, 3.05) is 0 Å². The molecule has 0 saturated heterocycles. The van der Waals surface area contributed by atoms with Crippen LogP contribution >= 0.6 is 31.9 Å². The van der Waals surface area contributed by atoms with Crippen LogP contribution in [0.25, 0.3) is 11.3 Å². The first-order chi connectivity index (χ1) is 9.59. The molecule has 1 aromatic heterocycles. The minimum absolute atomic E-state index is 0.00510. The summed E-state index contributed by atoms with van der Waals surface area (Å²) in [5.41, 5.74) is 1.68. The molecule has 1 aromatic carbocycles. The third-order valence-electron chi connectivity index (χ3n) is 3.69. The Morgan fingerprint density at radius 2 is 1.95 bits per heavy atom. The van der Waals surface area contributed by atoms with Gasteiger partial charge >= 0.3 is 0 Å². The summed E-state index contributed by atoms with van der Waals surface area (Å²) in [4.78, 5) is 17.5. The normalized spacial score (nSPS) is 21.6. The van der Waals surface area contributed by atoms with Gasteiger partial charge in [-0.15, -0.1) is 0 Å². The van der Waals surface area contributed by atoms with Crippen LogP contribution < -0.4 is 5.56 Å². The maximum atomic E-state index is 12.6. The molecule has 0 N–H and O–H groups in total. The Balaban J connectivity index is 2.27. The van der Waals surface area contributed by atoms with E-state index in [-0.39, 0.29) is 16.4 Å². The first kappa shape index (κ1) is 14.0. The topological polar surface area (TPSA) is 34.9 Å². The van der Waals surface area contributed by atoms with Gasteiger partial charge in [-0.05, 0) is 35.7 Å². The van der Waals surface area contributed by atoms with Gasteiger partial charge in [-0.25, -0.2) is 4.98 Å². The van der Waals surface area contributed by atoms with E-state index in [0.717, 1.165) is 29.9 Å². The van der Waals surface area contributed by atoms with Crippen LogP contribution in [0.3, 0.4) is 0 Å². The summed E-state index contributed by atoms with van der Waals surface area (Å²) < 4.78 is 2.35. The molecule has 2 heterocycles. The minimum Gasteiger partial charge on any atom is -0.292 e. The lowest BCUT2D eigenvalue weighted by Gasteiger charge is -2.28. The van der Waals surface area contributed by atoms with E-state index < -0.39 is 0 Å². The molecule has 0 fully saturated rings. The molecular formula is C15H14Br2N2O. The zero-order valence-corrected chi connectivity index (χ0v) is 14.2. The Morgan fingerprint density at radius 3 is 2.65 bits per heavy atom. The number of hydrogen-bond acceptors (Lipinski definition) is 2. The lowest BCUT2D eigenvalue weighted by atomic mass is 10.0. The van der Waals surface area contributed by atoms with Crippen LogP contribution in [0.2, 0.25) is 0 Å². The molecule has 1 aliphatic rings. The Hall–Kier alpha value is -0.940. The van der Waals surface area contributed by atoms with E-state index in [2.05, 4.69) is 38.8 Å². The summed E-state index contributed by atoms with van der Waals surface area (Å²) in [6.07, 6.45) is 1.99. The second-order valence-electron chi connectivity index (χ2n) is 5.07. The summed E-state index contributed by atoms with van der Waals surface area (Å²) in [6, 6.07) is 10.00. The minimum atomic E-state index is 0.00510. The lowest BCUT2D eigenvalue weighted by molar-refractivity contribution is 0.402. The Labute approximate surface area is 134 Å². The van der Waals surface area contributed by atoms with Crippen molar-refractivity contribution in [1.29, 1.82) is 0 Å². The highest BCUT2D eigenvalue weighted by Gasteiger charge is 2.27. The van der Waals surface area contributed by atoms with E-state index >= 15 is 0 Å². The Morgan fingerprint density at radius 1 is 1.25 bits per heavy atom. The SMILES string of the molecule is C[C@@H]1CC[C@H](Br)c2nc(-c3ccccc3)c(Br)c(=O)n21. The van der Waals surface area contributed by atoms with E-state index in [1.165, 1.54) is 0 Å². The molecule has 0 spiro atoms. The van der Waals surface area contributed by atoms with Crippen molar-refractivity contribution < 1.29 is 0 Å². The average molecular weight is 398 g/mol. The van der Waals surface area contributed by atoms with Crippen LogP contribution in [-0.2, 0) is 0 Å². The molecule has 104 valence electrons. The summed E-state index contributed by atoms with van der Waals surface area (Å²) >= 11 is 7.07. The fraction of sp³-hybridized carbons (Fsp3) is 0.333. The summed E-state index contributed by atoms with van der Waals surface area (Å²) in [5, 5.41) is 0. The van der Waals surface area contributed by atoms with Crippen molar-refractivity contribution in [2.24, 2.45) is 0 Å². The van der Waals surface area contributed by atoms with Crippen LogP contribution in [0, 0.1) is 0 Å². The molecule has 2 aromatic rings. The largest absolute Gasteiger partial charge is 0.292 e. The molecule has 1 aliphatic heterocycles. The van der Waals surface area contributed by atoms with Gasteiger partial charge in [-0.2, -0.15) is 0 Å². The van der Waals surface area contributed by atoms with Crippen LogP contribution in [0.4, 0.5) is 0 Å². The molecule has 3 nitrogen and oxygen atoms in total. The van der Waals surface area contributed by atoms with Gasteiger partial charge in [-0.3, -0.25) is 9.36 Å². The standard InChI is InChI=1S/C15H14Br2N2O/c1-9-7-8-11(16)14-18-13(10-5-3-2-4-6-10)12(17)15(20)19(9)14/h2-6,9,11H,7-8H2,1H3/t9-,11+/m1/s1. The van der Waals surface area contributed by atoms with Crippen molar-refractivity contribution >= 4 is 31.9 Å². The quantitative estimate of drug-likeness (QED) is 0.665. The molecule has 0 aliphatic carbocycles. The van der Waals surface area contributed by atoms with Crippen molar-refractivity contribution in [3.05, 3.63) is 51.0 Å². The highest BCUT2D eigenvalue weighted by atomic mass is 79.9. The van der Waals surface area contributed by atoms with Crippen LogP contribution in [0.1, 0.15) is 36.5 Å². The third-order valence-corrected chi connectivity index (χ3v) is 5.28. The maximum absolute atomic E-state index is 12.6.